The van der Waals surface area contributed by atoms with E-state index in [1.165, 1.54) is 0 Å². The molecule has 0 saturated carbocycles. The van der Waals surface area contributed by atoms with Crippen LogP contribution in [0.5, 0.6) is 0 Å². The first-order chi connectivity index (χ1) is 1.73. The number of hydrogen-bond donors (Lipinski definition) is 2. The Morgan fingerprint density at radius 2 is 1.67 bits per heavy atom. The normalized spacial score (nSPS) is 10.3. The molecule has 0 aromatic rings. The van der Waals surface area contributed by atoms with Gasteiger partial charge in [0, 0.05) is 0 Å². The molecule has 0 aromatic heterocycles. The Hall–Kier alpha value is 0.796. The van der Waals surface area contributed by atoms with Gasteiger partial charge in [0.05, 0.1) is 11.4 Å². The molecule has 1 atom stereocenters. The van der Waals surface area contributed by atoms with E-state index in [0.29, 0.717) is 0 Å². The zero-order valence-electron chi connectivity index (χ0n) is 3.09. The van der Waals surface area contributed by atoms with Crippen LogP contribution in [0.2, 0.25) is 0 Å². The Labute approximate surface area is 54.2 Å². The van der Waals surface area contributed by atoms with Gasteiger partial charge in [0.2, 0.25) is 0 Å². The summed E-state index contributed by atoms with van der Waals surface area (Å²) >= 11 is -2.86. The first-order valence-electron chi connectivity index (χ1n) is 0.516. The molecule has 1 unspecified atom stereocenters. The molecule has 0 rings (SSSR count). The molecule has 0 aliphatic heterocycles. The molecule has 0 fully saturated rings. The molecule has 6 heteroatoms. The van der Waals surface area contributed by atoms with Crippen LogP contribution in [0.1, 0.15) is 0 Å². The summed E-state index contributed by atoms with van der Waals surface area (Å²) in [7, 11) is 0. The maximum atomic E-state index is 8.56. The molecule has 0 heterocycles. The predicted molar refractivity (Wildman–Crippen MR) is 22.3 cm³/mol. The van der Waals surface area contributed by atoms with Crippen LogP contribution in [0.15, 0.2) is 0 Å². The van der Waals surface area contributed by atoms with Gasteiger partial charge in [0.1, 0.15) is 0 Å². The van der Waals surface area contributed by atoms with Gasteiger partial charge < -0.3 is 15.3 Å². The molecular formula is H4MgNO3S. The van der Waals surface area contributed by atoms with Gasteiger partial charge in [0.25, 0.3) is 0 Å². The fourth-order valence-corrected chi connectivity index (χ4v) is 0. The zero-order chi connectivity index (χ0) is 3.58. The van der Waals surface area contributed by atoms with Crippen LogP contribution in [0.3, 0.4) is 0 Å². The molecule has 0 spiro atoms. The van der Waals surface area contributed by atoms with Crippen molar-refractivity contribution in [2.45, 2.75) is 0 Å². The monoisotopic (exact) mass is 122 g/mol. The molecule has 0 aromatic carbocycles. The molecule has 4 N–H and O–H groups in total. The van der Waals surface area contributed by atoms with Crippen LogP contribution in [0.4, 0.5) is 0 Å². The van der Waals surface area contributed by atoms with E-state index in [-0.39, 0.29) is 29.2 Å². The van der Waals surface area contributed by atoms with Gasteiger partial charge in [-0.1, -0.05) is 0 Å². The minimum atomic E-state index is -2.86. The van der Waals surface area contributed by atoms with Crippen molar-refractivity contribution >= 4 is 34.4 Å². The van der Waals surface area contributed by atoms with Gasteiger partial charge in [-0.25, -0.2) is 4.21 Å². The minimum absolute atomic E-state index is 0. The zero-order valence-corrected chi connectivity index (χ0v) is 5.32. The molecule has 0 aliphatic rings. The van der Waals surface area contributed by atoms with Crippen molar-refractivity contribution in [2.75, 3.05) is 0 Å². The average molecular weight is 122 g/mol. The summed E-state index contributed by atoms with van der Waals surface area (Å²) < 4.78 is 24.1. The third-order valence-corrected chi connectivity index (χ3v) is 0. The number of rotatable bonds is 0. The van der Waals surface area contributed by atoms with Crippen LogP contribution < -0.4 is 6.15 Å². The number of hydrogen-bond acceptors (Lipinski definition) is 3. The summed E-state index contributed by atoms with van der Waals surface area (Å²) in [6, 6.07) is 0. The van der Waals surface area contributed by atoms with Crippen LogP contribution in [-0.4, -0.2) is 36.4 Å². The second-order valence-electron chi connectivity index (χ2n) is 0.217. The molecule has 0 bridgehead atoms. The SMILES string of the molecule is N.O=S([O-])O.[Mg+]. The van der Waals surface area contributed by atoms with Crippen LogP contribution in [0, 0.1) is 0 Å². The summed E-state index contributed by atoms with van der Waals surface area (Å²) in [6.07, 6.45) is 0. The quantitative estimate of drug-likeness (QED) is 0.322. The molecule has 0 aliphatic carbocycles. The second kappa shape index (κ2) is 9.25. The van der Waals surface area contributed by atoms with Crippen molar-refractivity contribution in [1.82, 2.24) is 6.15 Å². The fraction of sp³-hybridized carbons (Fsp3) is 0. The first-order valence-corrected chi connectivity index (χ1v) is 1.55. The van der Waals surface area contributed by atoms with E-state index in [2.05, 4.69) is 0 Å². The summed E-state index contributed by atoms with van der Waals surface area (Å²) in [6.45, 7) is 0. The summed E-state index contributed by atoms with van der Waals surface area (Å²) in [4.78, 5) is 0. The van der Waals surface area contributed by atoms with E-state index in [1.807, 2.05) is 0 Å². The van der Waals surface area contributed by atoms with Gasteiger partial charge in [0.15, 0.2) is 0 Å². The summed E-state index contributed by atoms with van der Waals surface area (Å²) in [5.41, 5.74) is 0. The average Bonchev–Trinajstić information content (AvgIpc) is 0.811. The molecule has 4 nitrogen and oxygen atoms in total. The van der Waals surface area contributed by atoms with Gasteiger partial charge >= 0.3 is 23.1 Å². The van der Waals surface area contributed by atoms with E-state index < -0.39 is 11.4 Å². The fourth-order valence-electron chi connectivity index (χ4n) is 0. The second-order valence-corrected chi connectivity index (χ2v) is 0.651. The van der Waals surface area contributed by atoms with Crippen molar-refractivity contribution in [3.63, 3.8) is 0 Å². The minimum Gasteiger partial charge on any atom is -0.750 e. The predicted octanol–water partition coefficient (Wildman–Crippen LogP) is -0.880. The van der Waals surface area contributed by atoms with E-state index in [1.54, 1.807) is 0 Å². The smallest absolute Gasteiger partial charge is 0.750 e. The van der Waals surface area contributed by atoms with Gasteiger partial charge in [-0.15, -0.1) is 0 Å². The molecule has 35 valence electrons. The van der Waals surface area contributed by atoms with Gasteiger partial charge in [-0.05, 0) is 0 Å². The third kappa shape index (κ3) is 109. The van der Waals surface area contributed by atoms with Crippen molar-refractivity contribution in [2.24, 2.45) is 0 Å². The topological polar surface area (TPSA) is 95.4 Å². The van der Waals surface area contributed by atoms with E-state index in [9.17, 15) is 0 Å². The van der Waals surface area contributed by atoms with Gasteiger partial charge in [-0.2, -0.15) is 0 Å². The molecule has 0 saturated heterocycles. The standard InChI is InChI=1S/Mg.H3N.H2O3S/c;;1-4(2)3/h;1H3;(H2,1,2,3)/q+1;;/p-1. The van der Waals surface area contributed by atoms with E-state index in [4.69, 9.17) is 13.3 Å². The van der Waals surface area contributed by atoms with Crippen molar-refractivity contribution < 1.29 is 13.3 Å². The first kappa shape index (κ1) is 15.8. The molecule has 1 radical (unpaired) electrons. The van der Waals surface area contributed by atoms with Crippen LogP contribution in [-0.2, 0) is 11.4 Å². The molecular weight excluding hydrogens is 118 g/mol. The summed E-state index contributed by atoms with van der Waals surface area (Å²) in [5, 5.41) is 0. The third-order valence-electron chi connectivity index (χ3n) is 0. The van der Waals surface area contributed by atoms with Crippen molar-refractivity contribution in [3.05, 3.63) is 0 Å². The largest absolute Gasteiger partial charge is 1.00 e. The maximum absolute atomic E-state index is 8.56. The Balaban J connectivity index is -0.0000000450. The Kier molecular flexibility index (Phi) is 24.4. The Morgan fingerprint density at radius 1 is 1.67 bits per heavy atom. The summed E-state index contributed by atoms with van der Waals surface area (Å²) in [5.74, 6) is 0. The van der Waals surface area contributed by atoms with Crippen LogP contribution in [0.25, 0.3) is 0 Å². The van der Waals surface area contributed by atoms with E-state index in [0.717, 1.165) is 0 Å². The van der Waals surface area contributed by atoms with E-state index >= 15 is 0 Å². The Bertz CT molecular complexity index is 33.8. The Morgan fingerprint density at radius 3 is 1.67 bits per heavy atom. The molecule has 6 heavy (non-hydrogen) atoms. The van der Waals surface area contributed by atoms with Gasteiger partial charge in [-0.3, -0.25) is 0 Å². The molecule has 0 amide bonds. The van der Waals surface area contributed by atoms with Crippen LogP contribution >= 0.6 is 0 Å². The van der Waals surface area contributed by atoms with Crippen molar-refractivity contribution in [3.8, 4) is 0 Å². The van der Waals surface area contributed by atoms with Crippen molar-refractivity contribution in [1.29, 1.82) is 0 Å². The maximum Gasteiger partial charge on any atom is 1.00 e.